The molecule has 29 heavy (non-hydrogen) atoms. The Hall–Kier alpha value is -1.97. The molecule has 4 N–H and O–H groups in total. The molecule has 0 saturated heterocycles. The summed E-state index contributed by atoms with van der Waals surface area (Å²) in [5, 5.41) is 9.22. The van der Waals surface area contributed by atoms with Gasteiger partial charge in [0.25, 0.3) is 17.7 Å². The third-order valence-corrected chi connectivity index (χ3v) is 5.82. The Morgan fingerprint density at radius 3 is 2.52 bits per heavy atom. The zero-order valence-corrected chi connectivity index (χ0v) is 18.6. The van der Waals surface area contributed by atoms with Crippen molar-refractivity contribution >= 4 is 34.1 Å². The Morgan fingerprint density at radius 2 is 1.83 bits per heavy atom. The second-order valence-electron chi connectivity index (χ2n) is 7.74. The first-order valence-electron chi connectivity index (χ1n) is 10.1. The lowest BCUT2D eigenvalue weighted by Gasteiger charge is -2.15. The maximum Gasteiger partial charge on any atom is 0.280 e. The van der Waals surface area contributed by atoms with Crippen LogP contribution in [0, 0.1) is 0 Å². The summed E-state index contributed by atoms with van der Waals surface area (Å²) in [6, 6.07) is 0.0701. The van der Waals surface area contributed by atoms with E-state index in [0.717, 1.165) is 36.1 Å². The molecule has 1 aliphatic carbocycles. The molecule has 0 fully saturated rings. The molecule has 9 heteroatoms. The number of hydrogen-bond acceptors (Lipinski definition) is 5. The first kappa shape index (κ1) is 23.3. The fourth-order valence-electron chi connectivity index (χ4n) is 3.40. The summed E-state index contributed by atoms with van der Waals surface area (Å²) >= 11 is 1.49. The molecule has 2 rings (SSSR count). The van der Waals surface area contributed by atoms with Gasteiger partial charge in [-0.3, -0.25) is 14.4 Å². The highest BCUT2D eigenvalue weighted by molar-refractivity contribution is 7.17. The van der Waals surface area contributed by atoms with Crippen LogP contribution in [0.1, 0.15) is 47.5 Å². The normalized spacial score (nSPS) is 14.2. The molecule has 0 spiro atoms. The van der Waals surface area contributed by atoms with Gasteiger partial charge < -0.3 is 25.6 Å². The van der Waals surface area contributed by atoms with E-state index >= 15 is 0 Å². The van der Waals surface area contributed by atoms with Crippen LogP contribution in [-0.4, -0.2) is 64.2 Å². The molecule has 1 heterocycles. The van der Waals surface area contributed by atoms with E-state index < -0.39 is 0 Å². The molecular formula is C20H33N4O4S+. The number of thiophene rings is 1. The number of quaternary nitrogens is 1. The van der Waals surface area contributed by atoms with Gasteiger partial charge in [0.15, 0.2) is 13.1 Å². The van der Waals surface area contributed by atoms with Gasteiger partial charge in [-0.05, 0) is 45.1 Å². The number of fused-ring (bicyclic) bond motifs is 1. The third-order valence-electron chi connectivity index (χ3n) is 4.62. The van der Waals surface area contributed by atoms with Crippen LogP contribution in [0.4, 0.5) is 5.00 Å². The van der Waals surface area contributed by atoms with Crippen LogP contribution < -0.4 is 20.9 Å². The first-order valence-corrected chi connectivity index (χ1v) is 11.0. The minimum absolute atomic E-state index is 0.0701. The summed E-state index contributed by atoms with van der Waals surface area (Å²) in [7, 11) is 3.39. The van der Waals surface area contributed by atoms with Gasteiger partial charge in [-0.15, -0.1) is 11.3 Å². The first-order chi connectivity index (χ1) is 13.8. The molecule has 1 aromatic rings. The smallest absolute Gasteiger partial charge is 0.280 e. The van der Waals surface area contributed by atoms with Gasteiger partial charge in [0.2, 0.25) is 0 Å². The number of aryl methyl sites for hydroxylation is 1. The van der Waals surface area contributed by atoms with Crippen LogP contribution in [0.2, 0.25) is 0 Å². The summed E-state index contributed by atoms with van der Waals surface area (Å²) in [4.78, 5) is 39.2. The van der Waals surface area contributed by atoms with E-state index in [1.165, 1.54) is 16.2 Å². The maximum absolute atomic E-state index is 12.8. The molecule has 3 amide bonds. The standard InChI is InChI=1S/C20H32N4O4S/c1-13(2)22-16(25)11-24(3)12-17(26)23-20-18(19(27)21-9-10-28-4)14-7-5-6-8-15(14)29-20/h13H,5-12H2,1-4H3,(H,21,27)(H,22,25)(H,23,26)/p+1. The largest absolute Gasteiger partial charge is 0.383 e. The molecule has 0 aromatic carbocycles. The molecule has 8 nitrogen and oxygen atoms in total. The fourth-order valence-corrected chi connectivity index (χ4v) is 4.71. The minimum atomic E-state index is -0.204. The summed E-state index contributed by atoms with van der Waals surface area (Å²) in [5.41, 5.74) is 1.65. The van der Waals surface area contributed by atoms with Crippen molar-refractivity contribution in [2.24, 2.45) is 0 Å². The number of anilines is 1. The summed E-state index contributed by atoms with van der Waals surface area (Å²) in [5.74, 6) is -0.465. The lowest BCUT2D eigenvalue weighted by molar-refractivity contribution is -0.862. The van der Waals surface area contributed by atoms with Crippen molar-refractivity contribution in [1.82, 2.24) is 10.6 Å². The number of ether oxygens (including phenoxy) is 1. The lowest BCUT2D eigenvalue weighted by atomic mass is 9.95. The molecule has 0 radical (unpaired) electrons. The van der Waals surface area contributed by atoms with Crippen molar-refractivity contribution in [2.45, 2.75) is 45.6 Å². The van der Waals surface area contributed by atoms with E-state index in [0.29, 0.717) is 23.7 Å². The van der Waals surface area contributed by atoms with Crippen LogP contribution in [-0.2, 0) is 27.2 Å². The zero-order chi connectivity index (χ0) is 21.4. The molecule has 0 saturated carbocycles. The SMILES string of the molecule is COCCNC(=O)c1c(NC(=O)C[NH+](C)CC(=O)NC(C)C)sc2c1CCCC2. The number of rotatable bonds is 10. The van der Waals surface area contributed by atoms with Crippen LogP contribution in [0.15, 0.2) is 0 Å². The Bertz CT molecular complexity index is 732. The highest BCUT2D eigenvalue weighted by Gasteiger charge is 2.27. The second-order valence-corrected chi connectivity index (χ2v) is 8.85. The number of carbonyl (C=O) groups is 3. The zero-order valence-electron chi connectivity index (χ0n) is 17.8. The van der Waals surface area contributed by atoms with Gasteiger partial charge >= 0.3 is 0 Å². The van der Waals surface area contributed by atoms with Crippen molar-refractivity contribution in [2.75, 3.05) is 45.7 Å². The number of methoxy groups -OCH3 is 1. The van der Waals surface area contributed by atoms with Crippen LogP contribution >= 0.6 is 11.3 Å². The van der Waals surface area contributed by atoms with E-state index in [2.05, 4.69) is 16.0 Å². The monoisotopic (exact) mass is 425 g/mol. The molecule has 0 bridgehead atoms. The van der Waals surface area contributed by atoms with Crippen molar-refractivity contribution < 1.29 is 24.0 Å². The van der Waals surface area contributed by atoms with Gasteiger partial charge in [-0.1, -0.05) is 0 Å². The topological polar surface area (TPSA) is 101 Å². The van der Waals surface area contributed by atoms with E-state index in [4.69, 9.17) is 4.74 Å². The van der Waals surface area contributed by atoms with Gasteiger partial charge in [0, 0.05) is 24.6 Å². The van der Waals surface area contributed by atoms with Gasteiger partial charge in [0.1, 0.15) is 5.00 Å². The molecule has 0 aliphatic heterocycles. The summed E-state index contributed by atoms with van der Waals surface area (Å²) in [6.45, 7) is 5.03. The van der Waals surface area contributed by atoms with Crippen LogP contribution in [0.3, 0.4) is 0 Å². The average molecular weight is 426 g/mol. The van der Waals surface area contributed by atoms with Crippen molar-refractivity contribution in [3.05, 3.63) is 16.0 Å². The summed E-state index contributed by atoms with van der Waals surface area (Å²) < 4.78 is 5.00. The van der Waals surface area contributed by atoms with Crippen molar-refractivity contribution in [3.8, 4) is 0 Å². The average Bonchev–Trinajstić information content (AvgIpc) is 2.98. The van der Waals surface area contributed by atoms with Crippen LogP contribution in [0.5, 0.6) is 0 Å². The fraction of sp³-hybridized carbons (Fsp3) is 0.650. The Kier molecular flexibility index (Phi) is 9.06. The predicted molar refractivity (Wildman–Crippen MR) is 114 cm³/mol. The quantitative estimate of drug-likeness (QED) is 0.396. The number of amides is 3. The molecule has 1 aromatic heterocycles. The minimum Gasteiger partial charge on any atom is -0.383 e. The number of nitrogens with one attached hydrogen (secondary N) is 4. The van der Waals surface area contributed by atoms with Crippen molar-refractivity contribution in [3.63, 3.8) is 0 Å². The Balaban J connectivity index is 2.05. The third kappa shape index (κ3) is 7.09. The molecule has 162 valence electrons. The molecule has 1 aliphatic rings. The van der Waals surface area contributed by atoms with Crippen molar-refractivity contribution in [1.29, 1.82) is 0 Å². The maximum atomic E-state index is 12.8. The highest BCUT2D eigenvalue weighted by Crippen LogP contribution is 2.38. The number of hydrogen-bond donors (Lipinski definition) is 4. The van der Waals surface area contributed by atoms with E-state index in [9.17, 15) is 14.4 Å². The highest BCUT2D eigenvalue weighted by atomic mass is 32.1. The van der Waals surface area contributed by atoms with Gasteiger partial charge in [-0.2, -0.15) is 0 Å². The predicted octanol–water partition coefficient (Wildman–Crippen LogP) is -0.0191. The number of likely N-dealkylation sites (N-methyl/N-ethyl adjacent to an activating group) is 1. The Morgan fingerprint density at radius 1 is 1.14 bits per heavy atom. The Labute approximate surface area is 176 Å². The van der Waals surface area contributed by atoms with E-state index in [1.807, 2.05) is 13.8 Å². The lowest BCUT2D eigenvalue weighted by Crippen LogP contribution is -3.11. The number of carbonyl (C=O) groups excluding carboxylic acids is 3. The van der Waals surface area contributed by atoms with E-state index in [1.54, 1.807) is 14.2 Å². The second kappa shape index (κ2) is 11.3. The molecular weight excluding hydrogens is 392 g/mol. The molecule has 1 unspecified atom stereocenters. The van der Waals surface area contributed by atoms with E-state index in [-0.39, 0.29) is 36.9 Å². The summed E-state index contributed by atoms with van der Waals surface area (Å²) in [6.07, 6.45) is 3.95. The van der Waals surface area contributed by atoms with Gasteiger partial charge in [0.05, 0.1) is 19.2 Å². The molecule has 1 atom stereocenters. The van der Waals surface area contributed by atoms with Gasteiger partial charge in [-0.25, -0.2) is 0 Å². The van der Waals surface area contributed by atoms with Crippen LogP contribution in [0.25, 0.3) is 0 Å².